The minimum absolute atomic E-state index is 0.315. The van der Waals surface area contributed by atoms with Gasteiger partial charge in [0, 0.05) is 6.42 Å². The van der Waals surface area contributed by atoms with Gasteiger partial charge < -0.3 is 14.9 Å². The molecule has 0 spiro atoms. The molecule has 0 amide bonds. The van der Waals surface area contributed by atoms with Gasteiger partial charge in [-0.15, -0.1) is 0 Å². The van der Waals surface area contributed by atoms with Crippen LogP contribution in [0.3, 0.4) is 0 Å². The maximum absolute atomic E-state index is 10.4. The number of hydrogen-bond donors (Lipinski definition) is 2. The molecule has 2 aromatic rings. The topological polar surface area (TPSA) is 66.8 Å². The first-order valence-electron chi connectivity index (χ1n) is 5.91. The fraction of sp³-hybridized carbons (Fsp3) is 0.133. The maximum atomic E-state index is 10.4. The lowest BCUT2D eigenvalue weighted by atomic mass is 10.1. The molecule has 98 valence electrons. The highest BCUT2D eigenvalue weighted by molar-refractivity contribution is 5.84. The van der Waals surface area contributed by atoms with Crippen LogP contribution < -0.4 is 4.74 Å². The van der Waals surface area contributed by atoms with Crippen LogP contribution in [0.25, 0.3) is 10.8 Å². The van der Waals surface area contributed by atoms with Gasteiger partial charge in [0.05, 0.1) is 6.61 Å². The summed E-state index contributed by atoms with van der Waals surface area (Å²) in [5.41, 5.74) is 0. The van der Waals surface area contributed by atoms with E-state index >= 15 is 0 Å². The third-order valence-corrected chi connectivity index (χ3v) is 2.66. The van der Waals surface area contributed by atoms with Crippen LogP contribution in [0.15, 0.2) is 54.3 Å². The summed E-state index contributed by atoms with van der Waals surface area (Å²) >= 11 is 0. The van der Waals surface area contributed by atoms with E-state index < -0.39 is 11.7 Å². The third-order valence-electron chi connectivity index (χ3n) is 2.66. The van der Waals surface area contributed by atoms with Crippen molar-refractivity contribution in [1.82, 2.24) is 0 Å². The summed E-state index contributed by atoms with van der Waals surface area (Å²) in [4.78, 5) is 10.4. The van der Waals surface area contributed by atoms with Crippen molar-refractivity contribution in [2.24, 2.45) is 0 Å². The molecule has 2 rings (SSSR count). The van der Waals surface area contributed by atoms with E-state index in [9.17, 15) is 4.79 Å². The molecule has 0 radical (unpaired) electrons. The number of fused-ring (bicyclic) bond motifs is 1. The quantitative estimate of drug-likeness (QED) is 0.491. The molecule has 4 nitrogen and oxygen atoms in total. The molecule has 0 aliphatic heterocycles. The smallest absolute Gasteiger partial charge is 0.370 e. The molecule has 0 saturated carbocycles. The van der Waals surface area contributed by atoms with Crippen molar-refractivity contribution in [2.45, 2.75) is 6.42 Å². The van der Waals surface area contributed by atoms with E-state index in [1.165, 1.54) is 6.08 Å². The Labute approximate surface area is 110 Å². The van der Waals surface area contributed by atoms with Crippen LogP contribution >= 0.6 is 0 Å². The second-order valence-electron chi connectivity index (χ2n) is 4.04. The number of rotatable bonds is 5. The van der Waals surface area contributed by atoms with Gasteiger partial charge in [-0.2, -0.15) is 0 Å². The van der Waals surface area contributed by atoms with Crippen molar-refractivity contribution in [3.63, 3.8) is 0 Å². The van der Waals surface area contributed by atoms with E-state index in [-0.39, 0.29) is 0 Å². The van der Waals surface area contributed by atoms with Gasteiger partial charge in [-0.3, -0.25) is 0 Å². The maximum Gasteiger partial charge on any atom is 0.370 e. The summed E-state index contributed by atoms with van der Waals surface area (Å²) < 4.78 is 5.50. The number of aliphatic hydroxyl groups is 1. The molecule has 0 atom stereocenters. The first-order chi connectivity index (χ1) is 9.16. The number of aliphatic hydroxyl groups excluding tert-OH is 1. The monoisotopic (exact) mass is 258 g/mol. The van der Waals surface area contributed by atoms with Crippen molar-refractivity contribution in [2.75, 3.05) is 6.61 Å². The number of hydrogen-bond acceptors (Lipinski definition) is 3. The largest absolute Gasteiger partial charge is 0.502 e. The van der Waals surface area contributed by atoms with Crippen molar-refractivity contribution in [1.29, 1.82) is 0 Å². The van der Waals surface area contributed by atoms with E-state index in [1.54, 1.807) is 0 Å². The molecule has 0 aliphatic rings. The fourth-order valence-corrected chi connectivity index (χ4v) is 1.72. The predicted molar refractivity (Wildman–Crippen MR) is 72.4 cm³/mol. The second-order valence-corrected chi connectivity index (χ2v) is 4.04. The highest BCUT2D eigenvalue weighted by Crippen LogP contribution is 2.20. The fourth-order valence-electron chi connectivity index (χ4n) is 1.72. The van der Waals surface area contributed by atoms with Gasteiger partial charge in [-0.05, 0) is 29.0 Å². The average Bonchev–Trinajstić information content (AvgIpc) is 2.43. The number of ether oxygens (including phenoxy) is 1. The van der Waals surface area contributed by atoms with E-state index in [2.05, 4.69) is 0 Å². The predicted octanol–water partition coefficient (Wildman–Crippen LogP) is 3.14. The normalized spacial score (nSPS) is 11.5. The molecule has 2 N–H and O–H groups in total. The standard InChI is InChI=1S/C15H14O4/c16-14(15(17)18)6-3-9-19-13-8-7-11-4-1-2-5-12(11)10-13/h1-2,4-8,10,16H,3,9H2,(H,17,18). The zero-order valence-electron chi connectivity index (χ0n) is 10.2. The van der Waals surface area contributed by atoms with Crippen LogP contribution in [-0.4, -0.2) is 22.8 Å². The summed E-state index contributed by atoms with van der Waals surface area (Å²) in [6, 6.07) is 13.7. The Hall–Kier alpha value is -2.49. The zero-order chi connectivity index (χ0) is 13.7. The SMILES string of the molecule is O=C(O)C(O)=CCCOc1ccc2ccccc2c1. The summed E-state index contributed by atoms with van der Waals surface area (Å²) in [7, 11) is 0. The van der Waals surface area contributed by atoms with Gasteiger partial charge >= 0.3 is 5.97 Å². The Kier molecular flexibility index (Phi) is 4.03. The highest BCUT2D eigenvalue weighted by Gasteiger charge is 2.02. The molecule has 19 heavy (non-hydrogen) atoms. The van der Waals surface area contributed by atoms with E-state index in [1.807, 2.05) is 42.5 Å². The molecule has 0 fully saturated rings. The number of carboxylic acid groups (broad SMARTS) is 1. The molecule has 0 bridgehead atoms. The minimum Gasteiger partial charge on any atom is -0.502 e. The van der Waals surface area contributed by atoms with Gasteiger partial charge in [-0.25, -0.2) is 4.79 Å². The molecule has 2 aromatic carbocycles. The molecule has 0 aromatic heterocycles. The summed E-state index contributed by atoms with van der Waals surface area (Å²) in [6.45, 7) is 0.315. The lowest BCUT2D eigenvalue weighted by Gasteiger charge is -2.05. The van der Waals surface area contributed by atoms with Gasteiger partial charge in [-0.1, -0.05) is 30.3 Å². The first-order valence-corrected chi connectivity index (χ1v) is 5.91. The Morgan fingerprint density at radius 1 is 1.11 bits per heavy atom. The zero-order valence-corrected chi connectivity index (χ0v) is 10.2. The van der Waals surface area contributed by atoms with Crippen molar-refractivity contribution in [3.05, 3.63) is 54.3 Å². The van der Waals surface area contributed by atoms with Gasteiger partial charge in [0.1, 0.15) is 5.75 Å². The lowest BCUT2D eigenvalue weighted by Crippen LogP contribution is -2.01. The summed E-state index contributed by atoms with van der Waals surface area (Å²) in [6.07, 6.45) is 1.56. The average molecular weight is 258 g/mol. The lowest BCUT2D eigenvalue weighted by molar-refractivity contribution is -0.135. The summed E-state index contributed by atoms with van der Waals surface area (Å²) in [5, 5.41) is 19.7. The second kappa shape index (κ2) is 5.91. The van der Waals surface area contributed by atoms with Crippen molar-refractivity contribution < 1.29 is 19.7 Å². The summed E-state index contributed by atoms with van der Waals surface area (Å²) in [5.74, 6) is -1.25. The van der Waals surface area contributed by atoms with Crippen LogP contribution in [0.2, 0.25) is 0 Å². The van der Waals surface area contributed by atoms with Crippen LogP contribution in [0.5, 0.6) is 5.75 Å². The Balaban J connectivity index is 1.95. The molecular formula is C15H14O4. The van der Waals surface area contributed by atoms with Crippen molar-refractivity contribution >= 4 is 16.7 Å². The van der Waals surface area contributed by atoms with Crippen LogP contribution in [-0.2, 0) is 4.79 Å². The van der Waals surface area contributed by atoms with Crippen LogP contribution in [0.1, 0.15) is 6.42 Å². The Morgan fingerprint density at radius 2 is 1.84 bits per heavy atom. The first kappa shape index (κ1) is 13.0. The third kappa shape index (κ3) is 3.48. The molecule has 0 heterocycles. The molecular weight excluding hydrogens is 244 g/mol. The Morgan fingerprint density at radius 3 is 2.58 bits per heavy atom. The molecule has 0 aliphatic carbocycles. The van der Waals surface area contributed by atoms with E-state index in [4.69, 9.17) is 14.9 Å². The van der Waals surface area contributed by atoms with E-state index in [0.29, 0.717) is 13.0 Å². The number of carboxylic acids is 1. The van der Waals surface area contributed by atoms with Gasteiger partial charge in [0.25, 0.3) is 0 Å². The van der Waals surface area contributed by atoms with Crippen molar-refractivity contribution in [3.8, 4) is 5.75 Å². The number of carbonyl (C=O) groups is 1. The van der Waals surface area contributed by atoms with Gasteiger partial charge in [0.15, 0.2) is 5.76 Å². The Bertz CT molecular complexity index is 616. The number of aliphatic carboxylic acids is 1. The molecule has 0 unspecified atom stereocenters. The van der Waals surface area contributed by atoms with Gasteiger partial charge in [0.2, 0.25) is 0 Å². The number of benzene rings is 2. The molecule has 4 heteroatoms. The highest BCUT2D eigenvalue weighted by atomic mass is 16.5. The van der Waals surface area contributed by atoms with Crippen LogP contribution in [0, 0.1) is 0 Å². The van der Waals surface area contributed by atoms with Crippen LogP contribution in [0.4, 0.5) is 0 Å². The molecule has 0 saturated heterocycles. The minimum atomic E-state index is -1.33. The van der Waals surface area contributed by atoms with E-state index in [0.717, 1.165) is 16.5 Å².